The first-order valence-corrected chi connectivity index (χ1v) is 8.58. The Kier molecular flexibility index (Phi) is 6.70. The molecule has 1 amide bonds. The third-order valence-corrected chi connectivity index (χ3v) is 3.46. The predicted molar refractivity (Wildman–Crippen MR) is 101 cm³/mol. The molecule has 0 saturated carbocycles. The van der Waals surface area contributed by atoms with Gasteiger partial charge in [-0.2, -0.15) is 0 Å². The molecule has 0 bridgehead atoms. The molecule has 0 unspecified atom stereocenters. The summed E-state index contributed by atoms with van der Waals surface area (Å²) in [6.07, 6.45) is 2.82. The maximum atomic E-state index is 11.6. The molecule has 0 fully saturated rings. The summed E-state index contributed by atoms with van der Waals surface area (Å²) in [5, 5.41) is 14.7. The summed E-state index contributed by atoms with van der Waals surface area (Å²) >= 11 is 0. The molecule has 2 rings (SSSR count). The van der Waals surface area contributed by atoms with Gasteiger partial charge in [0.15, 0.2) is 0 Å². The first-order chi connectivity index (χ1) is 12.7. The van der Waals surface area contributed by atoms with Crippen molar-refractivity contribution in [3.05, 3.63) is 42.7 Å². The number of hydrogen-bond donors (Lipinski definition) is 3. The van der Waals surface area contributed by atoms with E-state index in [4.69, 9.17) is 4.74 Å². The van der Waals surface area contributed by atoms with Crippen LogP contribution in [-0.2, 0) is 9.53 Å². The number of hydrogen-bond acceptors (Lipinski definition) is 6. The number of aliphatic carboxylic acids is 1. The topological polar surface area (TPSA) is 113 Å². The lowest BCUT2D eigenvalue weighted by atomic mass is 10.1. The average molecular weight is 372 g/mol. The highest BCUT2D eigenvalue weighted by molar-refractivity contribution is 5.76. The molecule has 144 valence electrons. The number of benzene rings is 1. The molecule has 27 heavy (non-hydrogen) atoms. The van der Waals surface area contributed by atoms with Crippen LogP contribution >= 0.6 is 0 Å². The van der Waals surface area contributed by atoms with E-state index in [0.29, 0.717) is 0 Å². The Hall–Kier alpha value is -3.16. The zero-order valence-corrected chi connectivity index (χ0v) is 15.6. The number of aromatic nitrogens is 2. The van der Waals surface area contributed by atoms with Crippen molar-refractivity contribution in [3.63, 3.8) is 0 Å². The molecule has 1 aromatic heterocycles. The molecule has 0 radical (unpaired) electrons. The maximum absolute atomic E-state index is 11.6. The van der Waals surface area contributed by atoms with Gasteiger partial charge in [0.05, 0.1) is 0 Å². The van der Waals surface area contributed by atoms with Crippen LogP contribution < -0.4 is 10.6 Å². The molecular weight excluding hydrogens is 348 g/mol. The Bertz CT molecular complexity index is 758. The Morgan fingerprint density at radius 3 is 2.30 bits per heavy atom. The zero-order chi connectivity index (χ0) is 19.9. The standard InChI is InChI=1S/C19H24N4O4/c1-19(2,3)27-18(26)20-10-9-15(16(24)25)23-17-21-11-14(12-22-17)13-7-5-4-6-8-13/h4-8,11-12,15H,9-10H2,1-3H3,(H,20,26)(H,24,25)(H,21,22,23)/t15-/m0/s1. The van der Waals surface area contributed by atoms with Crippen LogP contribution in [0.4, 0.5) is 10.7 Å². The molecule has 0 aliphatic carbocycles. The lowest BCUT2D eigenvalue weighted by molar-refractivity contribution is -0.138. The molecule has 1 atom stereocenters. The van der Waals surface area contributed by atoms with Gasteiger partial charge in [-0.25, -0.2) is 19.6 Å². The van der Waals surface area contributed by atoms with Crippen LogP contribution in [0.15, 0.2) is 42.7 Å². The molecule has 0 saturated heterocycles. The van der Waals surface area contributed by atoms with Crippen molar-refractivity contribution in [1.29, 1.82) is 0 Å². The van der Waals surface area contributed by atoms with Crippen LogP contribution in [0.2, 0.25) is 0 Å². The van der Waals surface area contributed by atoms with Crippen LogP contribution in [0.5, 0.6) is 0 Å². The SMILES string of the molecule is CC(C)(C)OC(=O)NCC[C@H](Nc1ncc(-c2ccccc2)cn1)C(=O)O. The summed E-state index contributed by atoms with van der Waals surface area (Å²) in [5.41, 5.74) is 1.20. The number of anilines is 1. The summed E-state index contributed by atoms with van der Waals surface area (Å²) in [6, 6.07) is 8.69. The quantitative estimate of drug-likeness (QED) is 0.685. The number of nitrogens with zero attached hydrogens (tertiary/aromatic N) is 2. The van der Waals surface area contributed by atoms with Gasteiger partial charge >= 0.3 is 12.1 Å². The van der Waals surface area contributed by atoms with E-state index in [9.17, 15) is 14.7 Å². The fourth-order valence-electron chi connectivity index (χ4n) is 2.23. The Morgan fingerprint density at radius 2 is 1.74 bits per heavy atom. The largest absolute Gasteiger partial charge is 0.480 e. The minimum absolute atomic E-state index is 0.140. The van der Waals surface area contributed by atoms with Gasteiger partial charge in [0.2, 0.25) is 5.95 Å². The third-order valence-electron chi connectivity index (χ3n) is 3.46. The number of amides is 1. The fourth-order valence-corrected chi connectivity index (χ4v) is 2.23. The molecule has 8 nitrogen and oxygen atoms in total. The van der Waals surface area contributed by atoms with E-state index in [2.05, 4.69) is 20.6 Å². The molecule has 1 heterocycles. The molecule has 0 aliphatic heterocycles. The van der Waals surface area contributed by atoms with Gasteiger partial charge in [-0.15, -0.1) is 0 Å². The summed E-state index contributed by atoms with van der Waals surface area (Å²) in [4.78, 5) is 31.4. The average Bonchev–Trinajstić information content (AvgIpc) is 2.60. The second kappa shape index (κ2) is 8.98. The van der Waals surface area contributed by atoms with Gasteiger partial charge in [0, 0.05) is 24.5 Å². The second-order valence-electron chi connectivity index (χ2n) is 6.91. The molecular formula is C19H24N4O4. The van der Waals surface area contributed by atoms with Gasteiger partial charge in [-0.3, -0.25) is 0 Å². The number of alkyl carbamates (subject to hydrolysis) is 1. The number of nitrogens with one attached hydrogen (secondary N) is 2. The number of carbonyl (C=O) groups excluding carboxylic acids is 1. The normalized spacial score (nSPS) is 12.1. The first kappa shape index (κ1) is 20.2. The second-order valence-corrected chi connectivity index (χ2v) is 6.91. The van der Waals surface area contributed by atoms with Crippen molar-refractivity contribution >= 4 is 18.0 Å². The number of rotatable bonds is 7. The van der Waals surface area contributed by atoms with Gasteiger partial charge in [0.1, 0.15) is 11.6 Å². The molecule has 2 aromatic rings. The maximum Gasteiger partial charge on any atom is 0.407 e. The number of carbonyl (C=O) groups is 2. The van der Waals surface area contributed by atoms with Crippen molar-refractivity contribution in [2.75, 3.05) is 11.9 Å². The molecule has 1 aromatic carbocycles. The molecule has 3 N–H and O–H groups in total. The van der Waals surface area contributed by atoms with Crippen molar-refractivity contribution in [2.45, 2.75) is 38.8 Å². The predicted octanol–water partition coefficient (Wildman–Crippen LogP) is 2.92. The highest BCUT2D eigenvalue weighted by Crippen LogP contribution is 2.17. The fraction of sp³-hybridized carbons (Fsp3) is 0.368. The monoisotopic (exact) mass is 372 g/mol. The number of carboxylic acids is 1. The molecule has 0 aliphatic rings. The Labute approximate surface area is 158 Å². The zero-order valence-electron chi connectivity index (χ0n) is 15.6. The van der Waals surface area contributed by atoms with Crippen molar-refractivity contribution < 1.29 is 19.4 Å². The minimum Gasteiger partial charge on any atom is -0.480 e. The number of ether oxygens (including phenoxy) is 1. The Morgan fingerprint density at radius 1 is 1.11 bits per heavy atom. The summed E-state index contributed by atoms with van der Waals surface area (Å²) < 4.78 is 5.11. The minimum atomic E-state index is -1.06. The van der Waals surface area contributed by atoms with Crippen LogP contribution in [-0.4, -0.2) is 45.3 Å². The van der Waals surface area contributed by atoms with Crippen molar-refractivity contribution in [3.8, 4) is 11.1 Å². The van der Waals surface area contributed by atoms with E-state index >= 15 is 0 Å². The van der Waals surface area contributed by atoms with Crippen LogP contribution in [0.25, 0.3) is 11.1 Å². The Balaban J connectivity index is 1.90. The molecule has 0 spiro atoms. The first-order valence-electron chi connectivity index (χ1n) is 8.58. The lowest BCUT2D eigenvalue weighted by Crippen LogP contribution is -2.37. The van der Waals surface area contributed by atoms with Gasteiger partial charge in [-0.1, -0.05) is 30.3 Å². The van der Waals surface area contributed by atoms with Crippen LogP contribution in [0.3, 0.4) is 0 Å². The van der Waals surface area contributed by atoms with Crippen molar-refractivity contribution in [1.82, 2.24) is 15.3 Å². The van der Waals surface area contributed by atoms with Crippen LogP contribution in [0.1, 0.15) is 27.2 Å². The summed E-state index contributed by atoms with van der Waals surface area (Å²) in [7, 11) is 0. The third kappa shape index (κ3) is 6.93. The van der Waals surface area contributed by atoms with Gasteiger partial charge in [0.25, 0.3) is 0 Å². The van der Waals surface area contributed by atoms with Crippen molar-refractivity contribution in [2.24, 2.45) is 0 Å². The number of carboxylic acid groups (broad SMARTS) is 1. The van der Waals surface area contributed by atoms with Crippen LogP contribution in [0, 0.1) is 0 Å². The van der Waals surface area contributed by atoms with E-state index in [1.54, 1.807) is 33.2 Å². The van der Waals surface area contributed by atoms with E-state index in [-0.39, 0.29) is 18.9 Å². The van der Waals surface area contributed by atoms with E-state index in [0.717, 1.165) is 11.1 Å². The summed E-state index contributed by atoms with van der Waals surface area (Å²) in [6.45, 7) is 5.40. The highest BCUT2D eigenvalue weighted by Gasteiger charge is 2.20. The smallest absolute Gasteiger partial charge is 0.407 e. The van der Waals surface area contributed by atoms with Gasteiger partial charge < -0.3 is 20.5 Å². The lowest BCUT2D eigenvalue weighted by Gasteiger charge is -2.20. The van der Waals surface area contributed by atoms with E-state index < -0.39 is 23.7 Å². The van der Waals surface area contributed by atoms with E-state index in [1.165, 1.54) is 0 Å². The molecule has 8 heteroatoms. The summed E-state index contributed by atoms with van der Waals surface area (Å²) in [5.74, 6) is -0.851. The van der Waals surface area contributed by atoms with E-state index in [1.807, 2.05) is 30.3 Å². The van der Waals surface area contributed by atoms with Gasteiger partial charge in [-0.05, 0) is 32.8 Å². The highest BCUT2D eigenvalue weighted by atomic mass is 16.6.